The molecule has 6 heteroatoms. The van der Waals surface area contributed by atoms with Crippen molar-refractivity contribution in [2.24, 2.45) is 5.41 Å². The van der Waals surface area contributed by atoms with E-state index in [0.29, 0.717) is 17.7 Å². The molecule has 1 heterocycles. The lowest BCUT2D eigenvalue weighted by atomic mass is 9.75. The highest BCUT2D eigenvalue weighted by Crippen LogP contribution is 2.42. The number of nitrogens with one attached hydrogen (secondary N) is 2. The summed E-state index contributed by atoms with van der Waals surface area (Å²) in [6.07, 6.45) is 16.4. The van der Waals surface area contributed by atoms with Gasteiger partial charge in [0.05, 0.1) is 11.3 Å². The summed E-state index contributed by atoms with van der Waals surface area (Å²) in [5.74, 6) is 0.0218. The average Bonchev–Trinajstić information content (AvgIpc) is 3.04. The number of hydrogen-bond donors (Lipinski definition) is 2. The number of allylic oxidation sites excluding steroid dienone is 10. The first kappa shape index (κ1) is 23.1. The number of carbonyl (C=O) groups excluding carboxylic acids is 1. The van der Waals surface area contributed by atoms with E-state index in [1.807, 2.05) is 50.3 Å². The topological polar surface area (TPSA) is 75.3 Å². The molecular formula is C23H32N2O3S. The van der Waals surface area contributed by atoms with Crippen LogP contribution in [-0.4, -0.2) is 21.4 Å². The molecule has 2 N–H and O–H groups in total. The Morgan fingerprint density at radius 2 is 1.93 bits per heavy atom. The van der Waals surface area contributed by atoms with Gasteiger partial charge in [-0.05, 0) is 56.7 Å². The van der Waals surface area contributed by atoms with Gasteiger partial charge in [-0.3, -0.25) is 4.79 Å². The Labute approximate surface area is 175 Å². The molecule has 0 spiro atoms. The molecule has 0 bridgehead atoms. The molecule has 0 aromatic rings. The minimum absolute atomic E-state index is 0.0218. The van der Waals surface area contributed by atoms with E-state index in [4.69, 9.17) is 0 Å². The van der Waals surface area contributed by atoms with Gasteiger partial charge in [-0.15, -0.1) is 0 Å². The summed E-state index contributed by atoms with van der Waals surface area (Å²) in [4.78, 5) is 11.7. The van der Waals surface area contributed by atoms with E-state index >= 15 is 0 Å². The highest BCUT2D eigenvalue weighted by molar-refractivity contribution is 7.93. The SMILES string of the molecule is CNS(=O)(=O)C1=C(/C=C/C(C)=C/C=C/C(C)=C/C2=CNC(=O)C2)C(C)(C)CCC1. The fourth-order valence-electron chi connectivity index (χ4n) is 3.57. The molecule has 0 fully saturated rings. The van der Waals surface area contributed by atoms with Crippen LogP contribution < -0.4 is 10.0 Å². The Morgan fingerprint density at radius 3 is 2.55 bits per heavy atom. The predicted molar refractivity (Wildman–Crippen MR) is 119 cm³/mol. The summed E-state index contributed by atoms with van der Waals surface area (Å²) in [7, 11) is -1.97. The third kappa shape index (κ3) is 6.41. The van der Waals surface area contributed by atoms with Crippen LogP contribution in [0.25, 0.3) is 0 Å². The largest absolute Gasteiger partial charge is 0.332 e. The van der Waals surface area contributed by atoms with Crippen LogP contribution in [0.3, 0.4) is 0 Å². The third-order valence-electron chi connectivity index (χ3n) is 5.26. The Bertz CT molecular complexity index is 943. The minimum Gasteiger partial charge on any atom is -0.332 e. The van der Waals surface area contributed by atoms with E-state index in [1.165, 1.54) is 7.05 Å². The van der Waals surface area contributed by atoms with Crippen LogP contribution in [0, 0.1) is 5.41 Å². The van der Waals surface area contributed by atoms with Crippen molar-refractivity contribution in [2.45, 2.75) is 53.4 Å². The smallest absolute Gasteiger partial charge is 0.236 e. The summed E-state index contributed by atoms with van der Waals surface area (Å²) in [6.45, 7) is 8.18. The van der Waals surface area contributed by atoms with E-state index in [2.05, 4.69) is 23.9 Å². The normalized spacial score (nSPS) is 21.3. The maximum Gasteiger partial charge on any atom is 0.236 e. The molecule has 29 heavy (non-hydrogen) atoms. The molecule has 0 aromatic heterocycles. The van der Waals surface area contributed by atoms with Gasteiger partial charge in [0.1, 0.15) is 0 Å². The van der Waals surface area contributed by atoms with E-state index in [0.717, 1.165) is 35.1 Å². The molecule has 0 saturated carbocycles. The molecule has 0 aromatic carbocycles. The van der Waals surface area contributed by atoms with E-state index in [-0.39, 0.29) is 11.3 Å². The molecule has 5 nitrogen and oxygen atoms in total. The lowest BCUT2D eigenvalue weighted by molar-refractivity contribution is -0.118. The lowest BCUT2D eigenvalue weighted by Gasteiger charge is -2.33. The van der Waals surface area contributed by atoms with Crippen LogP contribution in [0.2, 0.25) is 0 Å². The van der Waals surface area contributed by atoms with Crippen molar-refractivity contribution in [1.29, 1.82) is 0 Å². The molecule has 2 aliphatic rings. The zero-order chi connectivity index (χ0) is 21.7. The Hall–Kier alpha value is -2.18. The van der Waals surface area contributed by atoms with Gasteiger partial charge in [0.15, 0.2) is 0 Å². The van der Waals surface area contributed by atoms with Crippen molar-refractivity contribution in [2.75, 3.05) is 7.05 Å². The quantitative estimate of drug-likeness (QED) is 0.604. The van der Waals surface area contributed by atoms with Crippen LogP contribution in [0.15, 0.2) is 69.9 Å². The molecule has 0 saturated heterocycles. The van der Waals surface area contributed by atoms with Gasteiger partial charge in [0, 0.05) is 6.20 Å². The van der Waals surface area contributed by atoms with Crippen molar-refractivity contribution >= 4 is 15.9 Å². The zero-order valence-corrected chi connectivity index (χ0v) is 18.8. The second-order valence-electron chi connectivity index (χ2n) is 8.24. The monoisotopic (exact) mass is 416 g/mol. The Morgan fingerprint density at radius 1 is 1.21 bits per heavy atom. The third-order valence-corrected chi connectivity index (χ3v) is 6.87. The fourth-order valence-corrected chi connectivity index (χ4v) is 4.87. The van der Waals surface area contributed by atoms with Crippen molar-refractivity contribution in [3.63, 3.8) is 0 Å². The van der Waals surface area contributed by atoms with E-state index in [1.54, 1.807) is 6.20 Å². The Kier molecular flexibility index (Phi) is 7.60. The van der Waals surface area contributed by atoms with Gasteiger partial charge >= 0.3 is 0 Å². The highest BCUT2D eigenvalue weighted by Gasteiger charge is 2.33. The van der Waals surface area contributed by atoms with Crippen LogP contribution in [-0.2, 0) is 14.8 Å². The summed E-state index contributed by atoms with van der Waals surface area (Å²) in [6, 6.07) is 0. The van der Waals surface area contributed by atoms with Crippen LogP contribution in [0.1, 0.15) is 53.4 Å². The molecule has 0 radical (unpaired) electrons. The molecule has 0 unspecified atom stereocenters. The first-order chi connectivity index (χ1) is 13.5. The summed E-state index contributed by atoms with van der Waals surface area (Å²) in [5, 5.41) is 2.68. The maximum atomic E-state index is 12.4. The van der Waals surface area contributed by atoms with Gasteiger partial charge in [0.2, 0.25) is 15.9 Å². The molecular weight excluding hydrogens is 384 g/mol. The number of amides is 1. The first-order valence-electron chi connectivity index (χ1n) is 9.92. The van der Waals surface area contributed by atoms with Crippen LogP contribution in [0.4, 0.5) is 0 Å². The van der Waals surface area contributed by atoms with Gasteiger partial charge in [-0.2, -0.15) is 0 Å². The highest BCUT2D eigenvalue weighted by atomic mass is 32.2. The molecule has 1 aliphatic carbocycles. The number of rotatable bonds is 7. The van der Waals surface area contributed by atoms with Crippen molar-refractivity contribution in [3.8, 4) is 0 Å². The predicted octanol–water partition coefficient (Wildman–Crippen LogP) is 4.41. The second-order valence-corrected chi connectivity index (χ2v) is 10.1. The van der Waals surface area contributed by atoms with Crippen molar-refractivity contribution < 1.29 is 13.2 Å². The van der Waals surface area contributed by atoms with E-state index < -0.39 is 10.0 Å². The molecule has 1 amide bonds. The summed E-state index contributed by atoms with van der Waals surface area (Å²) in [5.41, 5.74) is 3.77. The fraction of sp³-hybridized carbons (Fsp3) is 0.435. The van der Waals surface area contributed by atoms with Crippen molar-refractivity contribution in [1.82, 2.24) is 10.0 Å². The average molecular weight is 417 g/mol. The number of carbonyl (C=O) groups is 1. The van der Waals surface area contributed by atoms with Gasteiger partial charge in [-0.25, -0.2) is 13.1 Å². The zero-order valence-electron chi connectivity index (χ0n) is 18.0. The molecule has 158 valence electrons. The number of hydrogen-bond acceptors (Lipinski definition) is 3. The second kappa shape index (κ2) is 9.55. The van der Waals surface area contributed by atoms with E-state index in [9.17, 15) is 13.2 Å². The first-order valence-corrected chi connectivity index (χ1v) is 11.4. The van der Waals surface area contributed by atoms with Gasteiger partial charge in [-0.1, -0.05) is 61.4 Å². The van der Waals surface area contributed by atoms with Gasteiger partial charge < -0.3 is 5.32 Å². The number of sulfonamides is 1. The lowest BCUT2D eigenvalue weighted by Crippen LogP contribution is -2.28. The minimum atomic E-state index is -3.43. The van der Waals surface area contributed by atoms with Crippen LogP contribution >= 0.6 is 0 Å². The standard InChI is InChI=1S/C23H32N2O3S/c1-17(8-6-9-18(2)14-19-15-22(26)25-16-19)11-12-20-21(29(27,28)24-5)10-7-13-23(20,3)4/h6,8-9,11-12,14,16,24H,7,10,13,15H2,1-5H3,(H,25,26)/b9-6+,12-11+,17-8+,18-14+. The molecule has 2 rings (SSSR count). The molecule has 0 atom stereocenters. The van der Waals surface area contributed by atoms with Crippen molar-refractivity contribution in [3.05, 3.63) is 69.9 Å². The maximum absolute atomic E-state index is 12.4. The van der Waals surface area contributed by atoms with Crippen LogP contribution in [0.5, 0.6) is 0 Å². The summed E-state index contributed by atoms with van der Waals surface area (Å²) < 4.78 is 27.3. The Balaban J connectivity index is 2.17. The van der Waals surface area contributed by atoms with Gasteiger partial charge in [0.25, 0.3) is 0 Å². The molecule has 1 aliphatic heterocycles. The summed E-state index contributed by atoms with van der Waals surface area (Å²) >= 11 is 0.